The smallest absolute Gasteiger partial charge is 0.191 e. The molecule has 0 spiro atoms. The molecule has 0 bridgehead atoms. The van der Waals surface area contributed by atoms with Gasteiger partial charge in [0.15, 0.2) is 8.32 Å². The van der Waals surface area contributed by atoms with E-state index in [0.29, 0.717) is 6.61 Å². The summed E-state index contributed by atoms with van der Waals surface area (Å²) in [5.74, 6) is 0. The van der Waals surface area contributed by atoms with Gasteiger partial charge >= 0.3 is 0 Å². The number of rotatable bonds is 17. The molecule has 4 atom stereocenters. The highest BCUT2D eigenvalue weighted by Gasteiger charge is 2.41. The van der Waals surface area contributed by atoms with Crippen molar-refractivity contribution in [2.45, 2.75) is 83.1 Å². The monoisotopic (exact) mass is 591 g/mol. The molecule has 0 aliphatic rings. The van der Waals surface area contributed by atoms with Crippen LogP contribution in [0.4, 0.5) is 0 Å². The van der Waals surface area contributed by atoms with Crippen molar-refractivity contribution in [1.29, 1.82) is 0 Å². The van der Waals surface area contributed by atoms with Gasteiger partial charge in [-0.15, -0.1) is 0 Å². The van der Waals surface area contributed by atoms with Gasteiger partial charge in [0.25, 0.3) is 0 Å². The first-order chi connectivity index (χ1) is 20.1. The third-order valence-corrected chi connectivity index (χ3v) is 12.2. The Morgan fingerprint density at radius 1 is 0.738 bits per heavy atom. The summed E-state index contributed by atoms with van der Waals surface area (Å²) in [5, 5.41) is 15.6. The second-order valence-corrected chi connectivity index (χ2v) is 16.7. The Hall–Kier alpha value is -3.01. The zero-order valence-corrected chi connectivity index (χ0v) is 26.4. The molecular weight excluding hydrogens is 546 g/mol. The summed E-state index contributed by atoms with van der Waals surface area (Å²) in [4.78, 5) is 3.15. The highest BCUT2D eigenvalue weighted by Crippen LogP contribution is 2.37. The van der Waals surface area contributed by atoms with E-state index in [-0.39, 0.29) is 31.5 Å². The van der Waals surface area contributed by atoms with E-state index in [4.69, 9.17) is 18.6 Å². The Morgan fingerprint density at radius 2 is 1.19 bits per heavy atom. The van der Waals surface area contributed by atoms with Gasteiger partial charge in [-0.2, -0.15) is 0 Å². The fourth-order valence-electron chi connectivity index (χ4n) is 4.12. The molecule has 0 aromatic heterocycles. The topological polar surface area (TPSA) is 106 Å². The lowest BCUT2D eigenvalue weighted by molar-refractivity contribution is -0.155. The molecule has 9 heteroatoms. The number of nitrogens with zero attached hydrogens (tertiary/aromatic N) is 3. The van der Waals surface area contributed by atoms with E-state index >= 15 is 0 Å². The maximum atomic E-state index is 11.5. The number of azide groups is 1. The second kappa shape index (κ2) is 16.6. The predicted octanol–water partition coefficient (Wildman–Crippen LogP) is 7.44. The lowest BCUT2D eigenvalue weighted by atomic mass is 10.0. The lowest BCUT2D eigenvalue weighted by Gasteiger charge is -2.39. The van der Waals surface area contributed by atoms with E-state index in [1.165, 1.54) is 0 Å². The van der Waals surface area contributed by atoms with E-state index in [0.717, 1.165) is 16.7 Å². The molecule has 0 aliphatic heterocycles. The first-order valence-corrected chi connectivity index (χ1v) is 17.3. The summed E-state index contributed by atoms with van der Waals surface area (Å²) >= 11 is 0. The van der Waals surface area contributed by atoms with Crippen LogP contribution in [0.25, 0.3) is 10.4 Å². The fourth-order valence-corrected chi connectivity index (χ4v) is 5.14. The van der Waals surface area contributed by atoms with Crippen LogP contribution in [0, 0.1) is 0 Å². The molecule has 0 fully saturated rings. The van der Waals surface area contributed by atoms with Gasteiger partial charge in [-0.25, -0.2) is 0 Å². The largest absolute Gasteiger partial charge is 0.416 e. The van der Waals surface area contributed by atoms with E-state index in [9.17, 15) is 10.6 Å². The standard InChI is InChI=1S/C33H45N3O5Si/c1-33(2,3)42(4,5)41-24-29(35-36-34)31(39-22-27-17-11-7-12-18-27)32(40-23-28-19-13-8-14-20-28)30(37)25-38-21-26-15-9-6-10-16-26/h6-20,29-32,37H,21-25H2,1-5H3/t29-,30+,31+,32-/m1/s1. The minimum Gasteiger partial charge on any atom is -0.416 e. The fraction of sp³-hybridized carbons (Fsp3) is 0.455. The van der Waals surface area contributed by atoms with Gasteiger partial charge in [-0.05, 0) is 40.4 Å². The van der Waals surface area contributed by atoms with Crippen molar-refractivity contribution < 1.29 is 23.7 Å². The molecule has 1 N–H and O–H groups in total. The highest BCUT2D eigenvalue weighted by molar-refractivity contribution is 6.74. The number of ether oxygens (including phenoxy) is 3. The first kappa shape index (κ1) is 33.5. The maximum Gasteiger partial charge on any atom is 0.191 e. The van der Waals surface area contributed by atoms with Crippen molar-refractivity contribution in [3.8, 4) is 0 Å². The maximum absolute atomic E-state index is 11.5. The van der Waals surface area contributed by atoms with E-state index in [1.807, 2.05) is 91.0 Å². The van der Waals surface area contributed by atoms with Gasteiger partial charge in [0, 0.05) is 11.5 Å². The van der Waals surface area contributed by atoms with Gasteiger partial charge in [-0.1, -0.05) is 117 Å². The quantitative estimate of drug-likeness (QED) is 0.0760. The average Bonchev–Trinajstić information content (AvgIpc) is 2.98. The predicted molar refractivity (Wildman–Crippen MR) is 168 cm³/mol. The molecule has 0 saturated heterocycles. The Kier molecular flexibility index (Phi) is 13.2. The van der Waals surface area contributed by atoms with Crippen LogP contribution in [-0.4, -0.2) is 51.0 Å². The second-order valence-electron chi connectivity index (χ2n) is 11.9. The van der Waals surface area contributed by atoms with Gasteiger partial charge in [0.1, 0.15) is 12.2 Å². The van der Waals surface area contributed by atoms with Crippen LogP contribution in [0.15, 0.2) is 96.1 Å². The molecule has 42 heavy (non-hydrogen) atoms. The molecule has 0 amide bonds. The summed E-state index contributed by atoms with van der Waals surface area (Å²) in [6, 6.07) is 28.5. The summed E-state index contributed by atoms with van der Waals surface area (Å²) in [7, 11) is -2.19. The number of hydrogen-bond acceptors (Lipinski definition) is 6. The first-order valence-electron chi connectivity index (χ1n) is 14.4. The molecule has 0 saturated carbocycles. The van der Waals surface area contributed by atoms with Crippen molar-refractivity contribution in [2.24, 2.45) is 5.11 Å². The summed E-state index contributed by atoms with van der Waals surface area (Å²) < 4.78 is 25.3. The van der Waals surface area contributed by atoms with E-state index in [1.54, 1.807) is 0 Å². The Morgan fingerprint density at radius 3 is 1.64 bits per heavy atom. The van der Waals surface area contributed by atoms with Crippen LogP contribution < -0.4 is 0 Å². The summed E-state index contributed by atoms with van der Waals surface area (Å²) in [6.07, 6.45) is -2.75. The molecule has 0 unspecified atom stereocenters. The van der Waals surface area contributed by atoms with Crippen LogP contribution in [-0.2, 0) is 38.5 Å². The Balaban J connectivity index is 1.89. The molecule has 0 heterocycles. The minimum absolute atomic E-state index is 0.00558. The number of benzene rings is 3. The van der Waals surface area contributed by atoms with Crippen LogP contribution in [0.2, 0.25) is 18.1 Å². The van der Waals surface area contributed by atoms with Crippen molar-refractivity contribution in [3.63, 3.8) is 0 Å². The van der Waals surface area contributed by atoms with Crippen LogP contribution in [0.5, 0.6) is 0 Å². The normalized spacial score (nSPS) is 14.9. The lowest BCUT2D eigenvalue weighted by Crippen LogP contribution is -2.51. The van der Waals surface area contributed by atoms with Crippen molar-refractivity contribution in [3.05, 3.63) is 118 Å². The number of aliphatic hydroxyl groups excluding tert-OH is 1. The van der Waals surface area contributed by atoms with Crippen LogP contribution in [0.1, 0.15) is 37.5 Å². The van der Waals surface area contributed by atoms with Gasteiger partial charge in [-0.3, -0.25) is 0 Å². The number of aliphatic hydroxyl groups is 1. The Bertz CT molecular complexity index is 1220. The van der Waals surface area contributed by atoms with Crippen molar-refractivity contribution >= 4 is 8.32 Å². The molecule has 0 aliphatic carbocycles. The highest BCUT2D eigenvalue weighted by atomic mass is 28.4. The number of hydrogen-bond donors (Lipinski definition) is 1. The van der Waals surface area contributed by atoms with Crippen LogP contribution in [0.3, 0.4) is 0 Å². The van der Waals surface area contributed by atoms with Gasteiger partial charge in [0.05, 0.1) is 38.6 Å². The SMILES string of the molecule is CC(C)(C)[Si](C)(C)OC[C@@H](N=[N+]=[N-])[C@H](OCc1ccccc1)[C@H](OCc1ccccc1)[C@@H](O)COCc1ccccc1. The van der Waals surface area contributed by atoms with Gasteiger partial charge < -0.3 is 23.7 Å². The molecule has 3 rings (SSSR count). The molecule has 8 nitrogen and oxygen atoms in total. The van der Waals surface area contributed by atoms with E-state index < -0.39 is 32.7 Å². The zero-order valence-electron chi connectivity index (χ0n) is 25.4. The van der Waals surface area contributed by atoms with Crippen molar-refractivity contribution in [1.82, 2.24) is 0 Å². The third kappa shape index (κ3) is 10.7. The van der Waals surface area contributed by atoms with Crippen molar-refractivity contribution in [2.75, 3.05) is 13.2 Å². The zero-order chi connectivity index (χ0) is 30.4. The average molecular weight is 592 g/mol. The molecule has 3 aromatic rings. The minimum atomic E-state index is -2.19. The molecule has 3 aromatic carbocycles. The molecule has 0 radical (unpaired) electrons. The van der Waals surface area contributed by atoms with Crippen LogP contribution >= 0.6 is 0 Å². The third-order valence-electron chi connectivity index (χ3n) is 7.67. The summed E-state index contributed by atoms with van der Waals surface area (Å²) in [5.41, 5.74) is 12.5. The molecule has 226 valence electrons. The summed E-state index contributed by atoms with van der Waals surface area (Å²) in [6.45, 7) is 11.7. The molecular formula is C33H45N3O5Si. The van der Waals surface area contributed by atoms with E-state index in [2.05, 4.69) is 43.9 Å². The Labute approximate surface area is 251 Å². The van der Waals surface area contributed by atoms with Gasteiger partial charge in [0.2, 0.25) is 0 Å².